The minimum atomic E-state index is -5.78. The van der Waals surface area contributed by atoms with E-state index in [1.807, 2.05) is 0 Å². The van der Waals surface area contributed by atoms with E-state index in [1.165, 1.54) is 21.6 Å². The number of nitrogens with zero attached hydrogens (tertiary/aromatic N) is 2. The monoisotopic (exact) mass is 969 g/mol. The number of carbonyl (C=O) groups is 5. The molecule has 0 radical (unpaired) electrons. The highest BCUT2D eigenvalue weighted by Crippen LogP contribution is 2.66. The number of carboxylic acids is 2. The highest BCUT2D eigenvalue weighted by atomic mass is 33.1. The molecule has 3 amide bonds. The number of nitrogens with one attached hydrogen (secondary N) is 3. The number of anilines is 1. The lowest BCUT2D eigenvalue weighted by molar-refractivity contribution is -0.143. The molecule has 1 aliphatic rings. The van der Waals surface area contributed by atoms with Gasteiger partial charge in [-0.15, -0.1) is 0 Å². The Balaban J connectivity index is 1.68. The Hall–Kier alpha value is -3.42. The molecular weight excluding hydrogens is 923 g/mol. The summed E-state index contributed by atoms with van der Waals surface area (Å²) in [6.07, 6.45) is -2.22. The fourth-order valence-corrected chi connectivity index (χ4v) is 9.92. The first kappa shape index (κ1) is 53.7. The molecule has 4 unspecified atom stereocenters. The quantitative estimate of drug-likeness (QED) is 0.0206. The molecule has 61 heavy (non-hydrogen) atoms. The number of carboxylic acid groups (broad SMARTS) is 2. The topological polar surface area (TPSA) is 438 Å². The van der Waals surface area contributed by atoms with E-state index in [2.05, 4.69) is 45.9 Å². The van der Waals surface area contributed by atoms with Crippen LogP contribution in [0, 0.1) is 11.8 Å². The average Bonchev–Trinajstić information content (AvgIpc) is 3.50. The number of aliphatic carboxylic acids is 2. The van der Waals surface area contributed by atoms with E-state index in [-0.39, 0.29) is 61.2 Å². The minimum Gasteiger partial charge on any atom is -0.481 e. The van der Waals surface area contributed by atoms with Crippen molar-refractivity contribution in [2.75, 3.05) is 36.9 Å². The van der Waals surface area contributed by atoms with Crippen LogP contribution in [0.4, 0.5) is 5.82 Å². The van der Waals surface area contributed by atoms with Gasteiger partial charge >= 0.3 is 41.1 Å². The van der Waals surface area contributed by atoms with Gasteiger partial charge in [0.1, 0.15) is 24.2 Å². The third-order valence-electron chi connectivity index (χ3n) is 7.65. The number of nitrogens with two attached hydrogens (primary N) is 2. The van der Waals surface area contributed by atoms with Gasteiger partial charge in [0.15, 0.2) is 0 Å². The van der Waals surface area contributed by atoms with Gasteiger partial charge in [-0.3, -0.25) is 28.3 Å². The molecule has 7 atom stereocenters. The second kappa shape index (κ2) is 25.6. The van der Waals surface area contributed by atoms with Gasteiger partial charge in [-0.25, -0.2) is 23.3 Å². The molecule has 32 heteroatoms. The van der Waals surface area contributed by atoms with Gasteiger partial charge in [0, 0.05) is 49.9 Å². The fraction of sp³-hybridized carbons (Fsp3) is 0.621. The fourth-order valence-electron chi connectivity index (χ4n) is 4.77. The summed E-state index contributed by atoms with van der Waals surface area (Å²) in [4.78, 5) is 111. The van der Waals surface area contributed by atoms with Crippen LogP contribution in [0.2, 0.25) is 0 Å². The van der Waals surface area contributed by atoms with Crippen LogP contribution in [0.3, 0.4) is 0 Å². The van der Waals surface area contributed by atoms with Crippen molar-refractivity contribution >= 4 is 80.5 Å². The zero-order valence-electron chi connectivity index (χ0n) is 31.8. The second-order valence-electron chi connectivity index (χ2n) is 12.6. The molecule has 14 N–H and O–H groups in total. The number of hydrogen-bond acceptors (Lipinski definition) is 19. The number of phosphoric acid groups is 3. The molecule has 0 spiro atoms. The number of ether oxygens (including phenoxy) is 1. The van der Waals surface area contributed by atoms with E-state index < -0.39 is 90.6 Å². The van der Waals surface area contributed by atoms with Crippen molar-refractivity contribution in [2.24, 2.45) is 5.73 Å². The normalized spacial score (nSPS) is 19.3. The van der Waals surface area contributed by atoms with Crippen molar-refractivity contribution in [1.82, 2.24) is 25.5 Å². The van der Waals surface area contributed by atoms with E-state index in [4.69, 9.17) is 36.2 Å². The van der Waals surface area contributed by atoms with Gasteiger partial charge in [0.2, 0.25) is 17.7 Å². The number of phosphoric ester groups is 1. The van der Waals surface area contributed by atoms with Crippen LogP contribution in [0.25, 0.3) is 0 Å². The van der Waals surface area contributed by atoms with Gasteiger partial charge in [0.25, 0.3) is 0 Å². The molecule has 1 aromatic heterocycles. The van der Waals surface area contributed by atoms with Crippen LogP contribution in [0.5, 0.6) is 0 Å². The van der Waals surface area contributed by atoms with Gasteiger partial charge in [-0.1, -0.05) is 39.8 Å². The van der Waals surface area contributed by atoms with E-state index >= 15 is 0 Å². The van der Waals surface area contributed by atoms with Crippen molar-refractivity contribution in [1.29, 1.82) is 0 Å². The highest BCUT2D eigenvalue weighted by molar-refractivity contribution is 8.76. The van der Waals surface area contributed by atoms with Crippen LogP contribution < -0.4 is 33.1 Å². The van der Waals surface area contributed by atoms with Crippen molar-refractivity contribution in [3.05, 3.63) is 22.2 Å². The van der Waals surface area contributed by atoms with Crippen molar-refractivity contribution in [3.63, 3.8) is 0 Å². The largest absolute Gasteiger partial charge is 0.490 e. The Morgan fingerprint density at radius 2 is 1.69 bits per heavy atom. The lowest BCUT2D eigenvalue weighted by Crippen LogP contribution is -2.42. The first-order valence-electron chi connectivity index (χ1n) is 17.7. The molecule has 27 nitrogen and oxygen atoms in total. The van der Waals surface area contributed by atoms with E-state index in [9.17, 15) is 57.4 Å². The first-order valence-corrected chi connectivity index (χ1v) is 24.7. The first-order chi connectivity index (χ1) is 28.4. The average molecular weight is 970 g/mol. The third-order valence-corrected chi connectivity index (χ3v) is 13.9. The summed E-state index contributed by atoms with van der Waals surface area (Å²) in [6.45, 7) is -0.797. The molecule has 1 fully saturated rings. The lowest BCUT2D eigenvalue weighted by atomic mass is 10.1. The smallest absolute Gasteiger partial charge is 0.481 e. The molecule has 1 aromatic rings. The molecule has 0 aliphatic carbocycles. The number of hydrogen-bond donors (Lipinski definition) is 12. The van der Waals surface area contributed by atoms with Crippen LogP contribution in [-0.4, -0.2) is 130 Å². The molecule has 1 saturated heterocycles. The number of carbonyl (C=O) groups excluding carboxylic acids is 3. The van der Waals surface area contributed by atoms with Crippen LogP contribution in [0.1, 0.15) is 63.2 Å². The van der Waals surface area contributed by atoms with Crippen LogP contribution in [0.15, 0.2) is 11.0 Å². The molecule has 0 bridgehead atoms. The summed E-state index contributed by atoms with van der Waals surface area (Å²) in [7, 11) is -14.3. The molecule has 344 valence electrons. The van der Waals surface area contributed by atoms with E-state index in [1.54, 1.807) is 0 Å². The van der Waals surface area contributed by atoms with Crippen molar-refractivity contribution in [3.8, 4) is 11.8 Å². The summed E-state index contributed by atoms with van der Waals surface area (Å²) < 4.78 is 52.4. The number of amides is 3. The number of unbranched alkanes of at least 4 members (excludes halogenated alkanes) is 2. The summed E-state index contributed by atoms with van der Waals surface area (Å²) in [5.74, 6) is 1.89. The Kier molecular flexibility index (Phi) is 22.6. The number of rotatable bonds is 27. The zero-order valence-corrected chi connectivity index (χ0v) is 36.1. The van der Waals surface area contributed by atoms with E-state index in [0.29, 0.717) is 31.6 Å². The standard InChI is InChI=1S/C29H46N7O20P3S2/c30-18(27(42)33-10-3-1-2-6-23(39)34-19(28(43)44)7-8-25(40)41)16-61-60-12-9-22(38)32-11-4-5-17-14-36(29(45)35-26(17)31)24-13-20(37)21(54-24)15-53-58(49,50)56-59(51,52)55-57(46,47)48/h14,18-21,24,37H,1-3,6-13,15-16,30H2,(H,32,38)(H,33,42)(H,34,39)(H,40,41)(H,43,44)(H,49,50)(H,51,52)(H2,31,35,45)(H2,46,47,48)/t18?,19?,20-,21-,24-/m1/s1. The molecule has 0 aromatic carbocycles. The summed E-state index contributed by atoms with van der Waals surface area (Å²) in [5, 5.41) is 35.7. The Labute approximate surface area is 354 Å². The number of aliphatic hydroxyl groups excluding tert-OH is 1. The Morgan fingerprint density at radius 3 is 2.34 bits per heavy atom. The number of aromatic nitrogens is 2. The predicted molar refractivity (Wildman–Crippen MR) is 213 cm³/mol. The van der Waals surface area contributed by atoms with Gasteiger partial charge in [0.05, 0.1) is 30.9 Å². The maximum atomic E-state index is 12.5. The Bertz CT molecular complexity index is 1980. The van der Waals surface area contributed by atoms with E-state index in [0.717, 1.165) is 10.8 Å². The summed E-state index contributed by atoms with van der Waals surface area (Å²) in [5.41, 5.74) is 10.8. The number of aliphatic hydroxyl groups is 1. The molecule has 2 heterocycles. The maximum Gasteiger partial charge on any atom is 0.490 e. The second-order valence-corrected chi connectivity index (χ2v) is 19.6. The van der Waals surface area contributed by atoms with Gasteiger partial charge in [-0.05, 0) is 19.3 Å². The van der Waals surface area contributed by atoms with Crippen molar-refractivity contribution in [2.45, 2.75) is 81.9 Å². The Morgan fingerprint density at radius 1 is 0.984 bits per heavy atom. The predicted octanol–water partition coefficient (Wildman–Crippen LogP) is -1.51. The maximum absolute atomic E-state index is 12.5. The summed E-state index contributed by atoms with van der Waals surface area (Å²) in [6, 6.07) is -2.12. The van der Waals surface area contributed by atoms with Gasteiger partial charge in [-0.2, -0.15) is 13.6 Å². The van der Waals surface area contributed by atoms with Crippen LogP contribution in [-0.2, 0) is 55.5 Å². The lowest BCUT2D eigenvalue weighted by Gasteiger charge is -2.19. The minimum absolute atomic E-state index is 0.0283. The van der Waals surface area contributed by atoms with Crippen molar-refractivity contribution < 1.29 is 90.4 Å². The third kappa shape index (κ3) is 22.0. The zero-order chi connectivity index (χ0) is 46.0. The highest BCUT2D eigenvalue weighted by Gasteiger charge is 2.43. The molecule has 2 rings (SSSR count). The summed E-state index contributed by atoms with van der Waals surface area (Å²) >= 11 is 0. The molecular formula is C29H46N7O20P3S2. The SMILES string of the molecule is Nc1nc(=O)n([C@H]2C[C@@H](O)[C@@H](COP(=O)(O)OP(=O)(O)OP(=O)(O)O)O2)cc1C#CCNC(=O)CCSSCC(N)C(=O)NCCCCCC(=O)NC(CCC(=O)O)C(=O)O. The van der Waals surface area contributed by atoms with Crippen LogP contribution >= 0.6 is 45.1 Å². The van der Waals surface area contributed by atoms with Gasteiger partial charge < -0.3 is 67.0 Å². The number of nitrogen functional groups attached to an aromatic ring is 1. The molecule has 1 aliphatic heterocycles. The molecule has 0 saturated carbocycles.